The summed E-state index contributed by atoms with van der Waals surface area (Å²) >= 11 is 10.1. The van der Waals surface area contributed by atoms with E-state index in [-0.39, 0.29) is 18.1 Å². The van der Waals surface area contributed by atoms with Crippen molar-refractivity contribution in [1.82, 2.24) is 0 Å². The zero-order chi connectivity index (χ0) is 17.9. The average molecular weight is 522 g/mol. The standard InChI is InChI=1S/C16H12Br3NO4/c1-8-2-3-9(16(22)23)4-13(8)20-14(21)7-24-15-11(18)5-10(17)6-12(15)19/h2-6H,7H2,1H3,(H,20,21)(H,22,23). The number of hydrogen-bond acceptors (Lipinski definition) is 3. The molecule has 0 heterocycles. The van der Waals surface area contributed by atoms with Crippen LogP contribution in [0.3, 0.4) is 0 Å². The third-order valence-electron chi connectivity index (χ3n) is 3.07. The lowest BCUT2D eigenvalue weighted by Crippen LogP contribution is -2.21. The van der Waals surface area contributed by atoms with Gasteiger partial charge in [-0.15, -0.1) is 0 Å². The van der Waals surface area contributed by atoms with Crippen LogP contribution in [0.5, 0.6) is 5.75 Å². The molecule has 0 radical (unpaired) electrons. The van der Waals surface area contributed by atoms with Gasteiger partial charge < -0.3 is 15.2 Å². The number of halogens is 3. The Bertz CT molecular complexity index is 785. The SMILES string of the molecule is Cc1ccc(C(=O)O)cc1NC(=O)COc1c(Br)cc(Br)cc1Br. The van der Waals surface area contributed by atoms with Crippen LogP contribution in [-0.4, -0.2) is 23.6 Å². The van der Waals surface area contributed by atoms with Gasteiger partial charge in [0.05, 0.1) is 14.5 Å². The number of aromatic carboxylic acids is 1. The molecule has 0 aliphatic carbocycles. The number of benzene rings is 2. The van der Waals surface area contributed by atoms with E-state index in [9.17, 15) is 9.59 Å². The van der Waals surface area contributed by atoms with Crippen molar-refractivity contribution in [2.75, 3.05) is 11.9 Å². The molecule has 0 aliphatic heterocycles. The highest BCUT2D eigenvalue weighted by Gasteiger charge is 2.13. The maximum atomic E-state index is 12.1. The fraction of sp³-hybridized carbons (Fsp3) is 0.125. The number of nitrogens with one attached hydrogen (secondary N) is 1. The van der Waals surface area contributed by atoms with Gasteiger partial charge in [-0.2, -0.15) is 0 Å². The molecule has 2 N–H and O–H groups in total. The van der Waals surface area contributed by atoms with Crippen LogP contribution in [-0.2, 0) is 4.79 Å². The van der Waals surface area contributed by atoms with E-state index in [0.717, 1.165) is 10.0 Å². The summed E-state index contributed by atoms with van der Waals surface area (Å²) in [5.41, 5.74) is 1.31. The molecular weight excluding hydrogens is 510 g/mol. The van der Waals surface area contributed by atoms with Gasteiger partial charge in [0.1, 0.15) is 5.75 Å². The Morgan fingerprint density at radius 2 is 1.75 bits per heavy atom. The Labute approximate surface area is 163 Å². The van der Waals surface area contributed by atoms with Crippen LogP contribution in [0, 0.1) is 6.92 Å². The number of ether oxygens (including phenoxy) is 1. The molecule has 0 atom stereocenters. The van der Waals surface area contributed by atoms with E-state index >= 15 is 0 Å². The van der Waals surface area contributed by atoms with Crippen LogP contribution in [0.2, 0.25) is 0 Å². The van der Waals surface area contributed by atoms with Gasteiger partial charge in [0.15, 0.2) is 6.61 Å². The summed E-state index contributed by atoms with van der Waals surface area (Å²) in [7, 11) is 0. The predicted molar refractivity (Wildman–Crippen MR) is 102 cm³/mol. The Hall–Kier alpha value is -1.38. The summed E-state index contributed by atoms with van der Waals surface area (Å²) in [4.78, 5) is 23.1. The Balaban J connectivity index is 2.07. The van der Waals surface area contributed by atoms with Crippen molar-refractivity contribution in [3.63, 3.8) is 0 Å². The van der Waals surface area contributed by atoms with Crippen molar-refractivity contribution >= 4 is 65.4 Å². The zero-order valence-corrected chi connectivity index (χ0v) is 17.2. The molecule has 0 fully saturated rings. The van der Waals surface area contributed by atoms with Gasteiger partial charge in [-0.3, -0.25) is 4.79 Å². The van der Waals surface area contributed by atoms with Crippen LogP contribution < -0.4 is 10.1 Å². The first-order chi connectivity index (χ1) is 11.3. The van der Waals surface area contributed by atoms with Crippen molar-refractivity contribution < 1.29 is 19.4 Å². The smallest absolute Gasteiger partial charge is 0.335 e. The fourth-order valence-corrected chi connectivity index (χ4v) is 4.37. The summed E-state index contributed by atoms with van der Waals surface area (Å²) in [6, 6.07) is 8.15. The number of hydrogen-bond donors (Lipinski definition) is 2. The van der Waals surface area contributed by atoms with Crippen LogP contribution in [0.1, 0.15) is 15.9 Å². The summed E-state index contributed by atoms with van der Waals surface area (Å²) in [5, 5.41) is 11.7. The van der Waals surface area contributed by atoms with Gasteiger partial charge in [-0.25, -0.2) is 4.79 Å². The van der Waals surface area contributed by atoms with E-state index < -0.39 is 5.97 Å². The Morgan fingerprint density at radius 1 is 1.12 bits per heavy atom. The molecular formula is C16H12Br3NO4. The lowest BCUT2D eigenvalue weighted by molar-refractivity contribution is -0.118. The molecule has 0 aliphatic rings. The topological polar surface area (TPSA) is 75.6 Å². The maximum Gasteiger partial charge on any atom is 0.335 e. The molecule has 0 saturated carbocycles. The summed E-state index contributed by atoms with van der Waals surface area (Å²) in [6.45, 7) is 1.57. The second-order valence-corrected chi connectivity index (χ2v) is 7.49. The normalized spacial score (nSPS) is 10.3. The minimum atomic E-state index is -1.05. The van der Waals surface area contributed by atoms with Gasteiger partial charge in [0.25, 0.3) is 5.91 Å². The predicted octanol–water partition coefficient (Wildman–Crippen LogP) is 5.00. The molecule has 0 unspecified atom stereocenters. The first-order valence-electron chi connectivity index (χ1n) is 6.69. The number of aryl methyl sites for hydroxylation is 1. The number of carboxylic acid groups (broad SMARTS) is 1. The van der Waals surface area contributed by atoms with Gasteiger partial charge in [-0.05, 0) is 68.6 Å². The van der Waals surface area contributed by atoms with Gasteiger partial charge in [-0.1, -0.05) is 22.0 Å². The van der Waals surface area contributed by atoms with Crippen LogP contribution in [0.15, 0.2) is 43.7 Å². The number of carbonyl (C=O) groups is 2. The van der Waals surface area contributed by atoms with E-state index in [2.05, 4.69) is 53.1 Å². The summed E-state index contributed by atoms with van der Waals surface area (Å²) in [5.74, 6) is -0.934. The van der Waals surface area contributed by atoms with E-state index in [1.165, 1.54) is 12.1 Å². The van der Waals surface area contributed by atoms with Crippen molar-refractivity contribution in [1.29, 1.82) is 0 Å². The molecule has 2 aromatic carbocycles. The second-order valence-electron chi connectivity index (χ2n) is 4.87. The third-order valence-corrected chi connectivity index (χ3v) is 4.71. The van der Waals surface area contributed by atoms with Crippen LogP contribution >= 0.6 is 47.8 Å². The number of carbonyl (C=O) groups excluding carboxylic acids is 1. The number of rotatable bonds is 5. The molecule has 24 heavy (non-hydrogen) atoms. The van der Waals surface area contributed by atoms with Gasteiger partial charge >= 0.3 is 5.97 Å². The zero-order valence-electron chi connectivity index (χ0n) is 12.4. The number of anilines is 1. The highest BCUT2D eigenvalue weighted by molar-refractivity contribution is 9.11. The van der Waals surface area contributed by atoms with Crippen molar-refractivity contribution in [3.05, 3.63) is 54.9 Å². The Kier molecular flexibility index (Phi) is 6.42. The van der Waals surface area contributed by atoms with Crippen molar-refractivity contribution in [2.24, 2.45) is 0 Å². The third kappa shape index (κ3) is 4.81. The molecule has 0 bridgehead atoms. The molecule has 2 rings (SSSR count). The van der Waals surface area contributed by atoms with Crippen molar-refractivity contribution in [3.8, 4) is 5.75 Å². The van der Waals surface area contributed by atoms with E-state index in [0.29, 0.717) is 20.4 Å². The lowest BCUT2D eigenvalue weighted by Gasteiger charge is -2.12. The minimum absolute atomic E-state index is 0.107. The van der Waals surface area contributed by atoms with Gasteiger partial charge in [0, 0.05) is 10.2 Å². The monoisotopic (exact) mass is 519 g/mol. The molecule has 126 valence electrons. The van der Waals surface area contributed by atoms with Gasteiger partial charge in [0.2, 0.25) is 0 Å². The molecule has 5 nitrogen and oxygen atoms in total. The highest BCUT2D eigenvalue weighted by atomic mass is 79.9. The largest absolute Gasteiger partial charge is 0.481 e. The summed E-state index contributed by atoms with van der Waals surface area (Å²) in [6.07, 6.45) is 0. The molecule has 1 amide bonds. The van der Waals surface area contributed by atoms with Crippen molar-refractivity contribution in [2.45, 2.75) is 6.92 Å². The lowest BCUT2D eigenvalue weighted by atomic mass is 10.1. The number of amides is 1. The Morgan fingerprint density at radius 3 is 2.33 bits per heavy atom. The van der Waals surface area contributed by atoms with E-state index in [1.807, 2.05) is 0 Å². The van der Waals surface area contributed by atoms with E-state index in [1.54, 1.807) is 25.1 Å². The molecule has 0 saturated heterocycles. The minimum Gasteiger partial charge on any atom is -0.481 e. The molecule has 8 heteroatoms. The molecule has 0 spiro atoms. The first-order valence-corrected chi connectivity index (χ1v) is 9.07. The van der Waals surface area contributed by atoms with E-state index in [4.69, 9.17) is 9.84 Å². The number of carboxylic acids is 1. The molecule has 2 aromatic rings. The summed E-state index contributed by atoms with van der Waals surface area (Å²) < 4.78 is 7.78. The first kappa shape index (κ1) is 19.0. The quantitative estimate of drug-likeness (QED) is 0.581. The highest BCUT2D eigenvalue weighted by Crippen LogP contribution is 2.36. The maximum absolute atomic E-state index is 12.1. The average Bonchev–Trinajstić information content (AvgIpc) is 2.48. The second kappa shape index (κ2) is 8.13. The molecule has 0 aromatic heterocycles. The fourth-order valence-electron chi connectivity index (χ4n) is 1.88. The van der Waals surface area contributed by atoms with Crippen LogP contribution in [0.25, 0.3) is 0 Å². The van der Waals surface area contributed by atoms with Crippen LogP contribution in [0.4, 0.5) is 5.69 Å².